The van der Waals surface area contributed by atoms with Gasteiger partial charge < -0.3 is 14.8 Å². The van der Waals surface area contributed by atoms with Crippen LogP contribution in [-0.4, -0.2) is 34.3 Å². The molecule has 0 bridgehead atoms. The molecule has 3 rings (SSSR count). The number of halogens is 1. The Morgan fingerprint density at radius 3 is 2.32 bits per heavy atom. The Morgan fingerprint density at radius 2 is 1.68 bits per heavy atom. The van der Waals surface area contributed by atoms with Crippen molar-refractivity contribution in [2.24, 2.45) is 0 Å². The van der Waals surface area contributed by atoms with E-state index in [2.05, 4.69) is 56.9 Å². The highest BCUT2D eigenvalue weighted by molar-refractivity contribution is 14.1. The molecule has 10 heteroatoms. The van der Waals surface area contributed by atoms with Crippen LogP contribution in [0.4, 0.5) is 11.4 Å². The average Bonchev–Trinajstić information content (AvgIpc) is 2.83. The zero-order valence-electron chi connectivity index (χ0n) is 18.7. The Bertz CT molecular complexity index is 1220. The number of nitrogens with one attached hydrogen (secondary N) is 2. The summed E-state index contributed by atoms with van der Waals surface area (Å²) in [7, 11) is -0.912. The van der Waals surface area contributed by atoms with E-state index in [4.69, 9.17) is 9.47 Å². The van der Waals surface area contributed by atoms with Gasteiger partial charge in [0.1, 0.15) is 11.5 Å². The highest BCUT2D eigenvalue weighted by Crippen LogP contribution is 2.31. The Morgan fingerprint density at radius 1 is 0.971 bits per heavy atom. The van der Waals surface area contributed by atoms with Gasteiger partial charge in [-0.2, -0.15) is 0 Å². The highest BCUT2D eigenvalue weighted by atomic mass is 127. The summed E-state index contributed by atoms with van der Waals surface area (Å²) in [5.74, 6) is 1.59. The molecular formula is C24H25IN2O5S2. The minimum absolute atomic E-state index is 0.0595. The van der Waals surface area contributed by atoms with Crippen molar-refractivity contribution in [2.45, 2.75) is 22.6 Å². The van der Waals surface area contributed by atoms with Crippen molar-refractivity contribution in [1.82, 2.24) is 0 Å². The first-order chi connectivity index (χ1) is 16.3. The standard InChI is InChI=1S/C24H25IN2O5S2/c1-31-19-9-14-23(32-2)22(16-19)27-34(29,30)21-12-7-18(8-13-21)26-24(28)4-3-15-33-20-10-5-17(25)6-11-20/h5-14,16,27H,3-4,15H2,1-2H3,(H,26,28). The summed E-state index contributed by atoms with van der Waals surface area (Å²) in [6.07, 6.45) is 1.12. The van der Waals surface area contributed by atoms with Crippen molar-refractivity contribution in [1.29, 1.82) is 0 Å². The van der Waals surface area contributed by atoms with Gasteiger partial charge in [0.2, 0.25) is 5.91 Å². The number of anilines is 2. The zero-order chi connectivity index (χ0) is 24.6. The molecule has 1 amide bonds. The lowest BCUT2D eigenvalue weighted by molar-refractivity contribution is -0.116. The van der Waals surface area contributed by atoms with Crippen LogP contribution < -0.4 is 19.5 Å². The van der Waals surface area contributed by atoms with Crippen LogP contribution in [0, 0.1) is 3.57 Å². The molecule has 0 spiro atoms. The van der Waals surface area contributed by atoms with Gasteiger partial charge in [-0.3, -0.25) is 9.52 Å². The van der Waals surface area contributed by atoms with Gasteiger partial charge in [-0.25, -0.2) is 8.42 Å². The third-order valence-electron chi connectivity index (χ3n) is 4.73. The molecule has 0 atom stereocenters. The number of amides is 1. The predicted octanol–water partition coefficient (Wildman–Crippen LogP) is 5.62. The molecule has 0 heterocycles. The average molecular weight is 613 g/mol. The van der Waals surface area contributed by atoms with Crippen molar-refractivity contribution in [2.75, 3.05) is 30.0 Å². The van der Waals surface area contributed by atoms with E-state index >= 15 is 0 Å². The first-order valence-corrected chi connectivity index (χ1v) is 13.9. The summed E-state index contributed by atoms with van der Waals surface area (Å²) >= 11 is 3.98. The number of sulfonamides is 1. The van der Waals surface area contributed by atoms with Crippen molar-refractivity contribution >= 4 is 61.7 Å². The lowest BCUT2D eigenvalue weighted by Crippen LogP contribution is -2.14. The lowest BCUT2D eigenvalue weighted by Gasteiger charge is -2.13. The highest BCUT2D eigenvalue weighted by Gasteiger charge is 2.17. The third-order valence-corrected chi connectivity index (χ3v) is 7.93. The molecular weight excluding hydrogens is 587 g/mol. The SMILES string of the molecule is COc1ccc(OC)c(NS(=O)(=O)c2ccc(NC(=O)CCCSc3ccc(I)cc3)cc2)c1. The summed E-state index contributed by atoms with van der Waals surface area (Å²) in [5, 5.41) is 2.81. The normalized spacial score (nSPS) is 11.0. The minimum atomic E-state index is -3.86. The maximum Gasteiger partial charge on any atom is 0.262 e. The van der Waals surface area contributed by atoms with Crippen LogP contribution in [0.5, 0.6) is 11.5 Å². The number of carbonyl (C=O) groups excluding carboxylic acids is 1. The maximum absolute atomic E-state index is 12.8. The van der Waals surface area contributed by atoms with Crippen LogP contribution >= 0.6 is 34.4 Å². The smallest absolute Gasteiger partial charge is 0.262 e. The van der Waals surface area contributed by atoms with Gasteiger partial charge in [-0.1, -0.05) is 0 Å². The largest absolute Gasteiger partial charge is 0.497 e. The van der Waals surface area contributed by atoms with Gasteiger partial charge in [0, 0.05) is 26.6 Å². The topological polar surface area (TPSA) is 93.7 Å². The van der Waals surface area contributed by atoms with E-state index in [1.54, 1.807) is 42.1 Å². The Kier molecular flexibility index (Phi) is 9.48. The van der Waals surface area contributed by atoms with Crippen molar-refractivity contribution in [3.63, 3.8) is 0 Å². The molecule has 2 N–H and O–H groups in total. The van der Waals surface area contributed by atoms with Crippen LogP contribution in [0.15, 0.2) is 76.5 Å². The molecule has 0 radical (unpaired) electrons. The summed E-state index contributed by atoms with van der Waals surface area (Å²) in [6, 6.07) is 19.1. The molecule has 0 aliphatic rings. The molecule has 0 aliphatic heterocycles. The number of thioether (sulfide) groups is 1. The van der Waals surface area contributed by atoms with Gasteiger partial charge in [-0.15, -0.1) is 11.8 Å². The van der Waals surface area contributed by atoms with E-state index in [0.717, 1.165) is 12.2 Å². The molecule has 0 fully saturated rings. The molecule has 0 aliphatic carbocycles. The fourth-order valence-electron chi connectivity index (χ4n) is 2.99. The van der Waals surface area contributed by atoms with E-state index in [0.29, 0.717) is 23.6 Å². The summed E-state index contributed by atoms with van der Waals surface area (Å²) in [5.41, 5.74) is 0.801. The summed E-state index contributed by atoms with van der Waals surface area (Å²) in [6.45, 7) is 0. The molecule has 3 aromatic rings. The van der Waals surface area contributed by atoms with Gasteiger partial charge in [-0.05, 0) is 95.4 Å². The number of methoxy groups -OCH3 is 2. The van der Waals surface area contributed by atoms with E-state index in [1.165, 1.54) is 34.8 Å². The van der Waals surface area contributed by atoms with E-state index in [1.807, 2.05) is 0 Å². The van der Waals surface area contributed by atoms with E-state index in [9.17, 15) is 13.2 Å². The number of carbonyl (C=O) groups is 1. The van der Waals surface area contributed by atoms with Crippen LogP contribution in [0.2, 0.25) is 0 Å². The molecule has 0 aromatic heterocycles. The fraction of sp³-hybridized carbons (Fsp3) is 0.208. The summed E-state index contributed by atoms with van der Waals surface area (Å²) < 4.78 is 39.7. The Balaban J connectivity index is 1.53. The van der Waals surface area contributed by atoms with Gasteiger partial charge >= 0.3 is 0 Å². The van der Waals surface area contributed by atoms with Gasteiger partial charge in [0.15, 0.2) is 0 Å². The fourth-order valence-corrected chi connectivity index (χ4v) is 5.27. The van der Waals surface area contributed by atoms with Crippen LogP contribution in [-0.2, 0) is 14.8 Å². The maximum atomic E-state index is 12.8. The predicted molar refractivity (Wildman–Crippen MR) is 145 cm³/mol. The molecule has 0 unspecified atom stereocenters. The molecule has 34 heavy (non-hydrogen) atoms. The summed E-state index contributed by atoms with van der Waals surface area (Å²) in [4.78, 5) is 13.5. The molecule has 7 nitrogen and oxygen atoms in total. The Hall–Kier alpha value is -2.44. The van der Waals surface area contributed by atoms with Crippen LogP contribution in [0.25, 0.3) is 0 Å². The molecule has 0 saturated heterocycles. The third kappa shape index (κ3) is 7.54. The number of benzene rings is 3. The monoisotopic (exact) mass is 612 g/mol. The number of rotatable bonds is 11. The lowest BCUT2D eigenvalue weighted by atomic mass is 10.3. The second-order valence-corrected chi connectivity index (χ2v) is 11.2. The number of hydrogen-bond acceptors (Lipinski definition) is 6. The van der Waals surface area contributed by atoms with E-state index in [-0.39, 0.29) is 16.5 Å². The second kappa shape index (κ2) is 12.3. The zero-order valence-corrected chi connectivity index (χ0v) is 22.5. The molecule has 0 saturated carbocycles. The number of hydrogen-bond donors (Lipinski definition) is 2. The first-order valence-electron chi connectivity index (χ1n) is 10.3. The van der Waals surface area contributed by atoms with Crippen molar-refractivity contribution in [3.8, 4) is 11.5 Å². The molecule has 3 aromatic carbocycles. The minimum Gasteiger partial charge on any atom is -0.497 e. The van der Waals surface area contributed by atoms with Crippen LogP contribution in [0.1, 0.15) is 12.8 Å². The van der Waals surface area contributed by atoms with Gasteiger partial charge in [0.05, 0.1) is 24.8 Å². The Labute approximate surface area is 217 Å². The number of ether oxygens (including phenoxy) is 2. The van der Waals surface area contributed by atoms with Crippen LogP contribution in [0.3, 0.4) is 0 Å². The van der Waals surface area contributed by atoms with Gasteiger partial charge in [0.25, 0.3) is 10.0 Å². The van der Waals surface area contributed by atoms with Crippen molar-refractivity contribution in [3.05, 3.63) is 70.3 Å². The first kappa shape index (κ1) is 26.2. The second-order valence-electron chi connectivity index (χ2n) is 7.15. The quantitative estimate of drug-likeness (QED) is 0.166. The molecule has 180 valence electrons. The van der Waals surface area contributed by atoms with Crippen molar-refractivity contribution < 1.29 is 22.7 Å². The van der Waals surface area contributed by atoms with E-state index < -0.39 is 10.0 Å².